The highest BCUT2D eigenvalue weighted by Crippen LogP contribution is 2.24. The Kier molecular flexibility index (Phi) is 5.87. The molecule has 0 atom stereocenters. The van der Waals surface area contributed by atoms with Crippen LogP contribution in [-0.2, 0) is 10.0 Å². The van der Waals surface area contributed by atoms with Crippen LogP contribution in [0.15, 0.2) is 47.4 Å². The van der Waals surface area contributed by atoms with Crippen LogP contribution in [0.1, 0.15) is 27.2 Å². The zero-order valence-corrected chi connectivity index (χ0v) is 19.0. The van der Waals surface area contributed by atoms with Crippen molar-refractivity contribution in [2.45, 2.75) is 25.7 Å². The molecule has 7 nitrogen and oxygen atoms in total. The summed E-state index contributed by atoms with van der Waals surface area (Å²) >= 11 is 0. The summed E-state index contributed by atoms with van der Waals surface area (Å²) in [7, 11) is -3.75. The quantitative estimate of drug-likeness (QED) is 0.653. The molecule has 1 aliphatic rings. The minimum atomic E-state index is -3.75. The Morgan fingerprint density at radius 2 is 1.69 bits per heavy atom. The summed E-state index contributed by atoms with van der Waals surface area (Å²) in [6.07, 6.45) is 0. The van der Waals surface area contributed by atoms with E-state index in [0.717, 1.165) is 22.8 Å². The molecule has 0 radical (unpaired) electrons. The summed E-state index contributed by atoms with van der Waals surface area (Å²) in [4.78, 5) is 14.6. The van der Waals surface area contributed by atoms with Gasteiger partial charge in [0.15, 0.2) is 0 Å². The van der Waals surface area contributed by atoms with Crippen molar-refractivity contribution in [3.8, 4) is 11.3 Å². The van der Waals surface area contributed by atoms with Crippen molar-refractivity contribution in [1.82, 2.24) is 19.4 Å². The third-order valence-corrected chi connectivity index (χ3v) is 7.65. The van der Waals surface area contributed by atoms with Gasteiger partial charge in [-0.3, -0.25) is 9.89 Å². The number of hydrogen-bond donors (Lipinski definition) is 1. The number of H-pyrrole nitrogens is 1. The number of aryl methyl sites for hydroxylation is 3. The van der Waals surface area contributed by atoms with Gasteiger partial charge in [0.1, 0.15) is 11.5 Å². The van der Waals surface area contributed by atoms with Gasteiger partial charge in [-0.25, -0.2) is 12.8 Å². The van der Waals surface area contributed by atoms with Gasteiger partial charge in [-0.1, -0.05) is 23.8 Å². The summed E-state index contributed by atoms with van der Waals surface area (Å²) in [6.45, 7) is 6.41. The van der Waals surface area contributed by atoms with Gasteiger partial charge in [-0.05, 0) is 56.2 Å². The number of benzene rings is 2. The van der Waals surface area contributed by atoms with Gasteiger partial charge >= 0.3 is 0 Å². The number of sulfonamides is 1. The fourth-order valence-electron chi connectivity index (χ4n) is 3.90. The average Bonchev–Trinajstić information content (AvgIpc) is 3.25. The second-order valence-electron chi connectivity index (χ2n) is 8.09. The second-order valence-corrected chi connectivity index (χ2v) is 10.0. The lowest BCUT2D eigenvalue weighted by Gasteiger charge is -2.33. The second kappa shape index (κ2) is 8.48. The number of hydrogen-bond acceptors (Lipinski definition) is 4. The van der Waals surface area contributed by atoms with E-state index in [1.165, 1.54) is 23.4 Å². The fourth-order valence-corrected chi connectivity index (χ4v) is 5.41. The Morgan fingerprint density at radius 1 is 0.969 bits per heavy atom. The van der Waals surface area contributed by atoms with Gasteiger partial charge in [0.25, 0.3) is 5.91 Å². The van der Waals surface area contributed by atoms with Crippen LogP contribution >= 0.6 is 0 Å². The SMILES string of the molecule is Cc1ccc(-c2cc(C(=O)N3CCN(S(=O)(=O)c4ccc(F)c(C)c4)CC3)[nH]n2)c(C)c1. The number of rotatable bonds is 4. The van der Waals surface area contributed by atoms with E-state index in [1.807, 2.05) is 26.0 Å². The zero-order chi connectivity index (χ0) is 23.0. The number of aromatic amines is 1. The molecule has 0 unspecified atom stereocenters. The molecule has 1 aliphatic heterocycles. The van der Waals surface area contributed by atoms with Crippen molar-refractivity contribution in [3.05, 3.63) is 70.7 Å². The molecule has 0 aliphatic carbocycles. The maximum absolute atomic E-state index is 13.5. The highest BCUT2D eigenvalue weighted by atomic mass is 32.2. The van der Waals surface area contributed by atoms with E-state index in [4.69, 9.17) is 0 Å². The number of amides is 1. The molecule has 0 saturated carbocycles. The van der Waals surface area contributed by atoms with Crippen LogP contribution in [0.2, 0.25) is 0 Å². The van der Waals surface area contributed by atoms with Crippen LogP contribution in [-0.4, -0.2) is 59.9 Å². The largest absolute Gasteiger partial charge is 0.335 e. The number of carbonyl (C=O) groups is 1. The minimum Gasteiger partial charge on any atom is -0.335 e. The molecular formula is C23H25FN4O3S. The van der Waals surface area contributed by atoms with Gasteiger partial charge < -0.3 is 4.90 Å². The smallest absolute Gasteiger partial charge is 0.271 e. The van der Waals surface area contributed by atoms with E-state index < -0.39 is 15.8 Å². The molecule has 2 heterocycles. The van der Waals surface area contributed by atoms with Gasteiger partial charge in [-0.15, -0.1) is 0 Å². The van der Waals surface area contributed by atoms with Gasteiger partial charge in [-0.2, -0.15) is 9.40 Å². The Balaban J connectivity index is 1.45. The molecule has 1 saturated heterocycles. The predicted molar refractivity (Wildman–Crippen MR) is 119 cm³/mol. The molecule has 1 aromatic heterocycles. The van der Waals surface area contributed by atoms with Crippen molar-refractivity contribution >= 4 is 15.9 Å². The standard InChI is InChI=1S/C23H25FN4O3S/c1-15-4-6-19(16(2)12-15)21-14-22(26-25-21)23(29)27-8-10-28(11-9-27)32(30,31)18-5-7-20(24)17(3)13-18/h4-7,12-14H,8-11H2,1-3H3,(H,25,26). The number of piperazine rings is 1. The van der Waals surface area contributed by atoms with Crippen LogP contribution < -0.4 is 0 Å². The number of nitrogens with one attached hydrogen (secondary N) is 1. The Bertz CT molecular complexity index is 1280. The van der Waals surface area contributed by atoms with Gasteiger partial charge in [0.2, 0.25) is 10.0 Å². The van der Waals surface area contributed by atoms with Crippen molar-refractivity contribution in [1.29, 1.82) is 0 Å². The normalized spacial score (nSPS) is 15.2. The van der Waals surface area contributed by atoms with Crippen molar-refractivity contribution in [3.63, 3.8) is 0 Å². The van der Waals surface area contributed by atoms with Crippen LogP contribution in [0.4, 0.5) is 4.39 Å². The Morgan fingerprint density at radius 3 is 2.34 bits per heavy atom. The molecule has 4 rings (SSSR count). The molecule has 2 aromatic carbocycles. The molecule has 0 bridgehead atoms. The van der Waals surface area contributed by atoms with E-state index in [2.05, 4.69) is 16.3 Å². The first kappa shape index (κ1) is 22.2. The fraction of sp³-hybridized carbons (Fsp3) is 0.304. The molecule has 1 N–H and O–H groups in total. The highest BCUT2D eigenvalue weighted by Gasteiger charge is 2.31. The van der Waals surface area contributed by atoms with Crippen molar-refractivity contribution < 1.29 is 17.6 Å². The number of aromatic nitrogens is 2. The van der Waals surface area contributed by atoms with Crippen molar-refractivity contribution in [2.75, 3.05) is 26.2 Å². The van der Waals surface area contributed by atoms with Gasteiger partial charge in [0.05, 0.1) is 10.6 Å². The van der Waals surface area contributed by atoms with E-state index >= 15 is 0 Å². The number of halogens is 1. The maximum Gasteiger partial charge on any atom is 0.271 e. The minimum absolute atomic E-state index is 0.0582. The summed E-state index contributed by atoms with van der Waals surface area (Å²) in [6, 6.07) is 11.5. The van der Waals surface area contributed by atoms with Gasteiger partial charge in [0, 0.05) is 31.7 Å². The summed E-state index contributed by atoms with van der Waals surface area (Å²) in [5, 5.41) is 7.11. The van der Waals surface area contributed by atoms with E-state index in [0.29, 0.717) is 11.4 Å². The van der Waals surface area contributed by atoms with E-state index in [-0.39, 0.29) is 42.5 Å². The topological polar surface area (TPSA) is 86.4 Å². The first-order valence-corrected chi connectivity index (χ1v) is 11.8. The van der Waals surface area contributed by atoms with Crippen LogP contribution in [0.3, 0.4) is 0 Å². The first-order chi connectivity index (χ1) is 15.2. The summed E-state index contributed by atoms with van der Waals surface area (Å²) in [5.41, 5.74) is 4.52. The lowest BCUT2D eigenvalue weighted by molar-refractivity contribution is 0.0692. The highest BCUT2D eigenvalue weighted by molar-refractivity contribution is 7.89. The maximum atomic E-state index is 13.5. The zero-order valence-electron chi connectivity index (χ0n) is 18.2. The molecule has 3 aromatic rings. The summed E-state index contributed by atoms with van der Waals surface area (Å²) in [5.74, 6) is -0.665. The number of carbonyl (C=O) groups excluding carboxylic acids is 1. The van der Waals surface area contributed by atoms with Crippen molar-refractivity contribution in [2.24, 2.45) is 0 Å². The van der Waals surface area contributed by atoms with Crippen LogP contribution in [0, 0.1) is 26.6 Å². The lowest BCUT2D eigenvalue weighted by Crippen LogP contribution is -2.50. The molecular weight excluding hydrogens is 431 g/mol. The molecule has 0 spiro atoms. The molecule has 32 heavy (non-hydrogen) atoms. The van der Waals surface area contributed by atoms with Crippen LogP contribution in [0.25, 0.3) is 11.3 Å². The molecule has 1 amide bonds. The first-order valence-electron chi connectivity index (χ1n) is 10.4. The third kappa shape index (κ3) is 4.18. The monoisotopic (exact) mass is 456 g/mol. The summed E-state index contributed by atoms with van der Waals surface area (Å²) < 4.78 is 40.6. The predicted octanol–water partition coefficient (Wildman–Crippen LogP) is 3.29. The molecule has 1 fully saturated rings. The van der Waals surface area contributed by atoms with E-state index in [9.17, 15) is 17.6 Å². The third-order valence-electron chi connectivity index (χ3n) is 5.76. The Labute approximate surface area is 186 Å². The molecule has 9 heteroatoms. The van der Waals surface area contributed by atoms with Crippen LogP contribution in [0.5, 0.6) is 0 Å². The van der Waals surface area contributed by atoms with E-state index in [1.54, 1.807) is 11.0 Å². The lowest BCUT2D eigenvalue weighted by atomic mass is 10.0. The molecule has 168 valence electrons. The Hall–Kier alpha value is -3.04. The number of nitrogens with zero attached hydrogens (tertiary/aromatic N) is 3. The average molecular weight is 457 g/mol.